The lowest BCUT2D eigenvalue weighted by Crippen LogP contribution is -2.13. The van der Waals surface area contributed by atoms with Crippen molar-refractivity contribution in [3.8, 4) is 0 Å². The van der Waals surface area contributed by atoms with Gasteiger partial charge in [0.1, 0.15) is 0 Å². The van der Waals surface area contributed by atoms with Crippen LogP contribution >= 0.6 is 11.6 Å². The first kappa shape index (κ1) is 10.9. The molecule has 0 saturated heterocycles. The van der Waals surface area contributed by atoms with E-state index in [9.17, 15) is 0 Å². The van der Waals surface area contributed by atoms with Crippen LogP contribution in [0.2, 0.25) is 0 Å². The summed E-state index contributed by atoms with van der Waals surface area (Å²) >= 11 is 6.81. The van der Waals surface area contributed by atoms with E-state index >= 15 is 0 Å². The van der Waals surface area contributed by atoms with E-state index in [1.54, 1.807) is 0 Å². The van der Waals surface area contributed by atoms with E-state index in [1.807, 2.05) is 12.1 Å². The quantitative estimate of drug-likeness (QED) is 0.681. The molecule has 0 unspecified atom stereocenters. The molecule has 17 heavy (non-hydrogen) atoms. The van der Waals surface area contributed by atoms with Crippen LogP contribution in [0.25, 0.3) is 0 Å². The van der Waals surface area contributed by atoms with E-state index in [-0.39, 0.29) is 10.3 Å². The van der Waals surface area contributed by atoms with Gasteiger partial charge in [-0.25, -0.2) is 0 Å². The summed E-state index contributed by atoms with van der Waals surface area (Å²) in [4.78, 5) is -0.227. The highest BCUT2D eigenvalue weighted by atomic mass is 35.5. The first-order valence-corrected chi connectivity index (χ1v) is 6.35. The van der Waals surface area contributed by atoms with Gasteiger partial charge in [0.15, 0.2) is 0 Å². The van der Waals surface area contributed by atoms with Gasteiger partial charge in [0, 0.05) is 5.41 Å². The first-order chi connectivity index (χ1) is 8.17. The second-order valence-electron chi connectivity index (χ2n) is 5.04. The van der Waals surface area contributed by atoms with Crippen LogP contribution in [0.15, 0.2) is 60.7 Å². The average Bonchev–Trinajstić information content (AvgIpc) is 2.97. The predicted octanol–water partition coefficient (Wildman–Crippen LogP) is 4.48. The summed E-state index contributed by atoms with van der Waals surface area (Å²) in [5.41, 5.74) is 2.63. The molecule has 0 N–H and O–H groups in total. The van der Waals surface area contributed by atoms with Crippen molar-refractivity contribution in [2.45, 2.75) is 23.6 Å². The Labute approximate surface area is 107 Å². The van der Waals surface area contributed by atoms with Crippen LogP contribution in [0.4, 0.5) is 0 Å². The van der Waals surface area contributed by atoms with Crippen molar-refractivity contribution in [1.29, 1.82) is 0 Å². The Hall–Kier alpha value is -1.27. The number of rotatable bonds is 2. The van der Waals surface area contributed by atoms with E-state index in [0.717, 1.165) is 6.42 Å². The summed E-state index contributed by atoms with van der Waals surface area (Å²) in [5, 5.41) is 0. The van der Waals surface area contributed by atoms with Gasteiger partial charge in [0.25, 0.3) is 0 Å². The molecule has 1 fully saturated rings. The minimum Gasteiger partial charge on any atom is -0.113 e. The van der Waals surface area contributed by atoms with Crippen LogP contribution in [0.3, 0.4) is 0 Å². The third kappa shape index (κ3) is 1.51. The maximum atomic E-state index is 6.81. The summed E-state index contributed by atoms with van der Waals surface area (Å²) in [7, 11) is 0. The van der Waals surface area contributed by atoms with E-state index in [0.29, 0.717) is 0 Å². The number of benzene rings is 2. The van der Waals surface area contributed by atoms with Crippen LogP contribution in [0.5, 0.6) is 0 Å². The molecule has 1 saturated carbocycles. The number of halogens is 1. The van der Waals surface area contributed by atoms with Crippen LogP contribution < -0.4 is 0 Å². The minimum absolute atomic E-state index is 0.0666. The van der Waals surface area contributed by atoms with E-state index in [1.165, 1.54) is 11.1 Å². The van der Waals surface area contributed by atoms with Crippen molar-refractivity contribution >= 4 is 11.6 Å². The molecular formula is C16H15Cl. The zero-order valence-corrected chi connectivity index (χ0v) is 10.6. The Bertz CT molecular complexity index is 470. The zero-order valence-electron chi connectivity index (χ0n) is 9.86. The molecule has 1 aliphatic rings. The second-order valence-corrected chi connectivity index (χ2v) is 5.69. The molecule has 86 valence electrons. The molecule has 2 atom stereocenters. The largest absolute Gasteiger partial charge is 0.113 e. The molecule has 2 aromatic rings. The van der Waals surface area contributed by atoms with Crippen molar-refractivity contribution < 1.29 is 0 Å². The molecule has 3 rings (SSSR count). The van der Waals surface area contributed by atoms with Gasteiger partial charge in [0.05, 0.1) is 4.87 Å². The summed E-state index contributed by atoms with van der Waals surface area (Å²) in [5.74, 6) is 0. The van der Waals surface area contributed by atoms with Gasteiger partial charge in [-0.15, -0.1) is 11.6 Å². The normalized spacial score (nSPS) is 31.2. The van der Waals surface area contributed by atoms with Gasteiger partial charge >= 0.3 is 0 Å². The topological polar surface area (TPSA) is 0 Å². The van der Waals surface area contributed by atoms with Crippen molar-refractivity contribution in [1.82, 2.24) is 0 Å². The van der Waals surface area contributed by atoms with Crippen LogP contribution in [0, 0.1) is 0 Å². The highest BCUT2D eigenvalue weighted by Crippen LogP contribution is 2.67. The highest BCUT2D eigenvalue weighted by molar-refractivity contribution is 6.27. The summed E-state index contributed by atoms with van der Waals surface area (Å²) in [6.07, 6.45) is 1.01. The Balaban J connectivity index is 2.00. The summed E-state index contributed by atoms with van der Waals surface area (Å²) < 4.78 is 0. The molecule has 0 amide bonds. The first-order valence-electron chi connectivity index (χ1n) is 5.97. The van der Waals surface area contributed by atoms with Crippen molar-refractivity contribution in [2.24, 2.45) is 0 Å². The van der Waals surface area contributed by atoms with E-state index in [4.69, 9.17) is 11.6 Å². The van der Waals surface area contributed by atoms with Gasteiger partial charge in [-0.2, -0.15) is 0 Å². The monoisotopic (exact) mass is 242 g/mol. The van der Waals surface area contributed by atoms with Crippen molar-refractivity contribution in [3.63, 3.8) is 0 Å². The Kier molecular flexibility index (Phi) is 2.31. The molecule has 0 bridgehead atoms. The predicted molar refractivity (Wildman–Crippen MR) is 72.4 cm³/mol. The molecule has 0 spiro atoms. The Morgan fingerprint density at radius 1 is 0.824 bits per heavy atom. The summed E-state index contributed by atoms with van der Waals surface area (Å²) in [6.45, 7) is 2.25. The van der Waals surface area contributed by atoms with Gasteiger partial charge in [-0.3, -0.25) is 0 Å². The number of alkyl halides is 1. The Morgan fingerprint density at radius 3 is 1.82 bits per heavy atom. The van der Waals surface area contributed by atoms with Crippen molar-refractivity contribution in [3.05, 3.63) is 71.8 Å². The van der Waals surface area contributed by atoms with E-state index in [2.05, 4.69) is 55.5 Å². The van der Waals surface area contributed by atoms with Gasteiger partial charge < -0.3 is 0 Å². The molecule has 0 aromatic heterocycles. The lowest BCUT2D eigenvalue weighted by Gasteiger charge is -2.17. The second kappa shape index (κ2) is 3.61. The molecule has 0 nitrogen and oxygen atoms in total. The fraction of sp³-hybridized carbons (Fsp3) is 0.250. The fourth-order valence-electron chi connectivity index (χ4n) is 2.70. The maximum absolute atomic E-state index is 6.81. The molecule has 1 heteroatoms. The fourth-order valence-corrected chi connectivity index (χ4v) is 3.21. The van der Waals surface area contributed by atoms with Crippen LogP contribution in [-0.2, 0) is 10.3 Å². The molecule has 0 radical (unpaired) electrons. The SMILES string of the molecule is C[C@@]1(c2ccccc2)C[C@@]1(Cl)c1ccccc1. The lowest BCUT2D eigenvalue weighted by atomic mass is 9.92. The molecule has 0 heterocycles. The Morgan fingerprint density at radius 2 is 1.29 bits per heavy atom. The highest BCUT2D eigenvalue weighted by Gasteiger charge is 2.65. The molecule has 0 aliphatic heterocycles. The maximum Gasteiger partial charge on any atom is 0.0798 e. The summed E-state index contributed by atoms with van der Waals surface area (Å²) in [6, 6.07) is 21.0. The average molecular weight is 243 g/mol. The third-order valence-electron chi connectivity index (χ3n) is 3.99. The van der Waals surface area contributed by atoms with Crippen LogP contribution in [0.1, 0.15) is 24.5 Å². The molecule has 2 aromatic carbocycles. The third-order valence-corrected chi connectivity index (χ3v) is 4.76. The zero-order chi connectivity index (χ0) is 11.9. The van der Waals surface area contributed by atoms with Gasteiger partial charge in [-0.1, -0.05) is 67.6 Å². The van der Waals surface area contributed by atoms with Crippen molar-refractivity contribution in [2.75, 3.05) is 0 Å². The van der Waals surface area contributed by atoms with Crippen LogP contribution in [-0.4, -0.2) is 0 Å². The minimum atomic E-state index is -0.227. The number of hydrogen-bond acceptors (Lipinski definition) is 0. The van der Waals surface area contributed by atoms with E-state index < -0.39 is 0 Å². The number of hydrogen-bond donors (Lipinski definition) is 0. The molecule has 1 aliphatic carbocycles. The molecular weight excluding hydrogens is 228 g/mol. The lowest BCUT2D eigenvalue weighted by molar-refractivity contribution is 0.714. The van der Waals surface area contributed by atoms with Gasteiger partial charge in [0.2, 0.25) is 0 Å². The standard InChI is InChI=1S/C16H15Cl/c1-15(13-8-4-2-5-9-13)12-16(15,17)14-10-6-3-7-11-14/h2-11H,12H2,1H3/t15-,16+/m0/s1. The smallest absolute Gasteiger partial charge is 0.0798 e. The van der Waals surface area contributed by atoms with Gasteiger partial charge in [-0.05, 0) is 17.5 Å².